The Hall–Kier alpha value is -2.19. The molecule has 4 fully saturated rings. The number of phosphoric acid groups is 5. The standard InChI is InChI=1S/C50H90N5O40P5/c1-27(2)94-100(74,75)95-32-13-37(55-23-53-38-30(5)51-22-52-46(38)55)90-36(32)17-85-99(72,73)86-21-50(18-76-24-87-96(66,67)82-10-7-79-47-28(3)40(60)42(62)33(14-56)91-47,19-77-25-88-97(68,69)83-11-8-80-48-29(4)41(61)43(63)34(15-57)92-48)20-78-26-89-98(70,71)84-12-9-81-49-39(54-31(6)59)45(65)44(64)35(16-58)93-49/h22-23,27-29,32-37,39-45,47-49,56-58,60-65H,7-21,24-26H2,1-6H3,(H,54,59)(H,66,67)(H,68,69)(H,70,71)(H,72,73)(H,74,75)/t28?,29?,32?,33?,34?,35?,36-,37-,39?,40-,41-,42+,43+,44+,45-,47-,48-,49-,50?/m1/s1. The van der Waals surface area contributed by atoms with Crippen molar-refractivity contribution in [3.05, 3.63) is 18.3 Å². The number of rotatable bonds is 45. The minimum atomic E-state index is -5.51. The van der Waals surface area contributed by atoms with Crippen LogP contribution in [-0.2, 0) is 120 Å². The summed E-state index contributed by atoms with van der Waals surface area (Å²) >= 11 is 0. The molecule has 0 radical (unpaired) electrons. The maximum Gasteiger partial charge on any atom is 0.474 e. The van der Waals surface area contributed by atoms with Crippen molar-refractivity contribution in [2.24, 2.45) is 17.3 Å². The lowest BCUT2D eigenvalue weighted by molar-refractivity contribution is -0.283. The van der Waals surface area contributed by atoms with Crippen LogP contribution in [0, 0.1) is 24.2 Å². The van der Waals surface area contributed by atoms with E-state index in [1.54, 1.807) is 6.92 Å². The van der Waals surface area contributed by atoms with Gasteiger partial charge in [-0.25, -0.2) is 37.8 Å². The van der Waals surface area contributed by atoms with Crippen molar-refractivity contribution in [1.29, 1.82) is 0 Å². The smallest absolute Gasteiger partial charge is 0.394 e. The van der Waals surface area contributed by atoms with Gasteiger partial charge in [0, 0.05) is 25.2 Å². The lowest BCUT2D eigenvalue weighted by Crippen LogP contribution is -2.64. The third-order valence-corrected chi connectivity index (χ3v) is 20.2. The summed E-state index contributed by atoms with van der Waals surface area (Å²) in [6.07, 6.45) is -19.4. The van der Waals surface area contributed by atoms with Gasteiger partial charge in [-0.3, -0.25) is 54.6 Å². The van der Waals surface area contributed by atoms with Gasteiger partial charge in [0.25, 0.3) is 0 Å². The zero-order valence-electron chi connectivity index (χ0n) is 54.8. The van der Waals surface area contributed by atoms with E-state index in [2.05, 4.69) is 20.3 Å². The predicted octanol–water partition coefficient (Wildman–Crippen LogP) is -3.08. The van der Waals surface area contributed by atoms with Crippen molar-refractivity contribution < 1.29 is 191 Å². The number of amides is 1. The molecule has 4 aliphatic rings. The Morgan fingerprint density at radius 3 is 1.46 bits per heavy atom. The third kappa shape index (κ3) is 26.3. The summed E-state index contributed by atoms with van der Waals surface area (Å²) < 4.78 is 175. The molecule has 4 aliphatic heterocycles. The molecule has 1 amide bonds. The highest BCUT2D eigenvalue weighted by Gasteiger charge is 2.49. The average Bonchev–Trinajstić information content (AvgIpc) is 1.60. The summed E-state index contributed by atoms with van der Waals surface area (Å²) in [6, 6.07) is -1.40. The topological polar surface area (TPSA) is 626 Å². The highest BCUT2D eigenvalue weighted by Crippen LogP contribution is 2.52. The van der Waals surface area contributed by atoms with Crippen LogP contribution in [0.3, 0.4) is 0 Å². The molecular weight excluding hydrogens is 1470 g/mol. The lowest BCUT2D eigenvalue weighted by Gasteiger charge is -2.42. The maximum atomic E-state index is 14.0. The fourth-order valence-electron chi connectivity index (χ4n) is 10.0. The van der Waals surface area contributed by atoms with Gasteiger partial charge in [0.1, 0.15) is 79.0 Å². The summed E-state index contributed by atoms with van der Waals surface area (Å²) in [5.41, 5.74) is -1.08. The first kappa shape index (κ1) is 86.7. The molecule has 50 heteroatoms. The molecular formula is C50H90N5O40P5. The van der Waals surface area contributed by atoms with E-state index in [0.29, 0.717) is 11.2 Å². The van der Waals surface area contributed by atoms with Gasteiger partial charge < -0.3 is 123 Å². The molecule has 12 unspecified atom stereocenters. The largest absolute Gasteiger partial charge is 0.474 e. The Morgan fingerprint density at radius 2 is 1.01 bits per heavy atom. The second-order valence-corrected chi connectivity index (χ2v) is 30.5. The molecule has 580 valence electrons. The number of nitrogens with one attached hydrogen (secondary N) is 1. The van der Waals surface area contributed by atoms with E-state index in [0.717, 1.165) is 6.92 Å². The molecule has 0 aliphatic carbocycles. The quantitative estimate of drug-likeness (QED) is 0.0178. The molecule has 6 heterocycles. The number of ether oxygens (including phenoxy) is 10. The van der Waals surface area contributed by atoms with Gasteiger partial charge in [-0.15, -0.1) is 0 Å². The molecule has 100 heavy (non-hydrogen) atoms. The van der Waals surface area contributed by atoms with Crippen molar-refractivity contribution in [3.8, 4) is 0 Å². The molecule has 23 atom stereocenters. The van der Waals surface area contributed by atoms with E-state index in [9.17, 15) is 98.0 Å². The van der Waals surface area contributed by atoms with Crippen molar-refractivity contribution in [1.82, 2.24) is 24.8 Å². The number of hydrogen-bond donors (Lipinski definition) is 15. The van der Waals surface area contributed by atoms with E-state index in [4.69, 9.17) is 92.6 Å². The molecule has 2 aromatic rings. The van der Waals surface area contributed by atoms with Gasteiger partial charge in [-0.2, -0.15) is 0 Å². The Labute approximate surface area is 570 Å². The van der Waals surface area contributed by atoms with Gasteiger partial charge in [0.15, 0.2) is 44.9 Å². The highest BCUT2D eigenvalue weighted by atomic mass is 31.2. The maximum absolute atomic E-state index is 14.0. The van der Waals surface area contributed by atoms with Crippen LogP contribution in [0.1, 0.15) is 53.0 Å². The molecule has 45 nitrogen and oxygen atoms in total. The molecule has 15 N–H and O–H groups in total. The van der Waals surface area contributed by atoms with Crippen LogP contribution in [0.15, 0.2) is 12.7 Å². The molecule has 0 bridgehead atoms. The van der Waals surface area contributed by atoms with Crippen LogP contribution in [0.4, 0.5) is 0 Å². The van der Waals surface area contributed by atoms with E-state index >= 15 is 0 Å². The van der Waals surface area contributed by atoms with Crippen LogP contribution < -0.4 is 5.32 Å². The van der Waals surface area contributed by atoms with Crippen LogP contribution in [0.2, 0.25) is 0 Å². The molecule has 0 saturated carbocycles. The van der Waals surface area contributed by atoms with Gasteiger partial charge in [-0.1, -0.05) is 13.8 Å². The van der Waals surface area contributed by atoms with Crippen molar-refractivity contribution in [2.75, 3.05) is 113 Å². The molecule has 2 aromatic heterocycles. The minimum Gasteiger partial charge on any atom is -0.394 e. The van der Waals surface area contributed by atoms with Crippen LogP contribution >= 0.6 is 39.1 Å². The van der Waals surface area contributed by atoms with Crippen LogP contribution in [0.25, 0.3) is 11.2 Å². The van der Waals surface area contributed by atoms with Gasteiger partial charge in [0.05, 0.1) is 128 Å². The Morgan fingerprint density at radius 1 is 0.570 bits per heavy atom. The summed E-state index contributed by atoms with van der Waals surface area (Å²) in [7, 11) is -25.8. The normalized spacial score (nSPS) is 32.7. The fraction of sp³-hybridized carbons (Fsp3) is 0.880. The van der Waals surface area contributed by atoms with Crippen molar-refractivity contribution >= 4 is 56.2 Å². The Balaban J connectivity index is 1.18. The number of imidazole rings is 1. The first-order valence-corrected chi connectivity index (χ1v) is 38.1. The minimum absolute atomic E-state index is 0.238. The average molecular weight is 1560 g/mol. The molecule has 4 saturated heterocycles. The van der Waals surface area contributed by atoms with E-state index in [1.165, 1.54) is 44.9 Å². The first-order valence-electron chi connectivity index (χ1n) is 30.6. The van der Waals surface area contributed by atoms with E-state index < -0.39 is 280 Å². The summed E-state index contributed by atoms with van der Waals surface area (Å²) in [5, 5.41) is 93.1. The number of aromatic nitrogens is 4. The Bertz CT molecular complexity index is 3000. The third-order valence-electron chi connectivity index (χ3n) is 15.2. The second kappa shape index (κ2) is 39.6. The number of aliphatic hydroxyl groups excluding tert-OH is 9. The van der Waals surface area contributed by atoms with Gasteiger partial charge in [-0.05, 0) is 20.8 Å². The number of fused-ring (bicyclic) bond motifs is 1. The number of phosphoric ester groups is 5. The van der Waals surface area contributed by atoms with Gasteiger partial charge in [0.2, 0.25) is 5.91 Å². The van der Waals surface area contributed by atoms with Crippen LogP contribution in [-0.4, -0.2) is 307 Å². The zero-order chi connectivity index (χ0) is 74.0. The number of nitrogens with zero attached hydrogens (tertiary/aromatic N) is 4. The lowest BCUT2D eigenvalue weighted by atomic mass is 9.92. The number of carbonyl (C=O) groups is 1. The van der Waals surface area contributed by atoms with Crippen LogP contribution in [0.5, 0.6) is 0 Å². The molecule has 6 rings (SSSR count). The number of hydrogen-bond acceptors (Lipinski definition) is 38. The van der Waals surface area contributed by atoms with Gasteiger partial charge >= 0.3 is 39.1 Å². The highest BCUT2D eigenvalue weighted by molar-refractivity contribution is 7.48. The van der Waals surface area contributed by atoms with Crippen molar-refractivity contribution in [3.63, 3.8) is 0 Å². The van der Waals surface area contributed by atoms with Crippen molar-refractivity contribution in [2.45, 2.75) is 152 Å². The van der Waals surface area contributed by atoms with E-state index in [-0.39, 0.29) is 12.1 Å². The summed E-state index contributed by atoms with van der Waals surface area (Å²) in [4.78, 5) is 78.3. The SMILES string of the molecule is CC(=O)NC1[C@H](OCCOP(=O)(O)OCOCC(COCOP(=O)(O)OCCO[C@@H]2OC(CO)[C@H](O)[C@H](O)C2C)(COCOP(=O)(O)OCCO[C@@H]2OC(CO)[C@H](O)[C@H](O)C2C)COP(=O)(O)OC[C@H]2O[C@@H](n3cnc4c(C)ncnc43)CC2OP(=O)(O)OC(C)C)OC(CO)[C@H](O)[C@@H]1O. The summed E-state index contributed by atoms with van der Waals surface area (Å²) in [5.74, 6) is -2.39. The zero-order valence-corrected chi connectivity index (χ0v) is 59.2. The number of carbonyl (C=O) groups excluding carboxylic acids is 1. The Kier molecular flexibility index (Phi) is 34.3. The number of aliphatic hydroxyl groups is 9. The second-order valence-electron chi connectivity index (χ2n) is 23.3. The monoisotopic (exact) mass is 1560 g/mol. The van der Waals surface area contributed by atoms with E-state index in [1.807, 2.05) is 0 Å². The first-order chi connectivity index (χ1) is 46.9. The fourth-order valence-corrected chi connectivity index (χ4v) is 13.8. The molecule has 0 aromatic carbocycles. The number of aryl methyl sites for hydroxylation is 1. The molecule has 0 spiro atoms. The summed E-state index contributed by atoms with van der Waals surface area (Å²) in [6.45, 7) is -6.08. The predicted molar refractivity (Wildman–Crippen MR) is 324 cm³/mol.